The van der Waals surface area contributed by atoms with Crippen molar-refractivity contribution in [2.24, 2.45) is 0 Å². The lowest BCUT2D eigenvalue weighted by atomic mass is 9.98. The standard InChI is InChI=1S/C21H21F2NO4S/c1-12-19(27)20(28)21(13-5-3-2-4-6-13)29-24(12)9-14-7-18(23)16(8-17(14)22)15(10-25)11-26/h2-8,12,15,21,25-26H,9-11H2,1H3/t12-,21+/m0/s1. The third-order valence-electron chi connectivity index (χ3n) is 5.01. The van der Waals surface area contributed by atoms with Crippen LogP contribution in [0.5, 0.6) is 0 Å². The summed E-state index contributed by atoms with van der Waals surface area (Å²) in [4.78, 5) is 24.9. The SMILES string of the molecule is C[C@H]1C(=O)C(=O)[C@@H](c2ccccc2)SN1Cc1cc(F)c(C(CO)CO)cc1F. The Labute approximate surface area is 171 Å². The minimum absolute atomic E-state index is 0.0224. The van der Waals surface area contributed by atoms with E-state index < -0.39 is 53.6 Å². The van der Waals surface area contributed by atoms with Gasteiger partial charge in [-0.2, -0.15) is 0 Å². The third kappa shape index (κ3) is 4.40. The predicted molar refractivity (Wildman–Crippen MR) is 105 cm³/mol. The fourth-order valence-corrected chi connectivity index (χ4v) is 4.47. The van der Waals surface area contributed by atoms with Crippen LogP contribution in [0.4, 0.5) is 8.78 Å². The molecule has 2 aromatic rings. The number of nitrogens with zero attached hydrogens (tertiary/aromatic N) is 1. The maximum absolute atomic E-state index is 14.6. The van der Waals surface area contributed by atoms with E-state index in [1.165, 1.54) is 0 Å². The molecule has 2 atom stereocenters. The molecule has 0 spiro atoms. The van der Waals surface area contributed by atoms with Crippen molar-refractivity contribution in [1.29, 1.82) is 0 Å². The molecule has 1 fully saturated rings. The number of halogens is 2. The Kier molecular flexibility index (Phi) is 6.79. The lowest BCUT2D eigenvalue weighted by Gasteiger charge is -2.35. The molecule has 2 N–H and O–H groups in total. The fraction of sp³-hybridized carbons (Fsp3) is 0.333. The summed E-state index contributed by atoms with van der Waals surface area (Å²) in [6.07, 6.45) is 0. The van der Waals surface area contributed by atoms with Crippen LogP contribution in [0.3, 0.4) is 0 Å². The zero-order valence-electron chi connectivity index (χ0n) is 15.7. The van der Waals surface area contributed by atoms with Crippen molar-refractivity contribution in [3.8, 4) is 0 Å². The van der Waals surface area contributed by atoms with Gasteiger partial charge in [0, 0.05) is 18.0 Å². The van der Waals surface area contributed by atoms with Crippen LogP contribution in [0.1, 0.15) is 34.8 Å². The van der Waals surface area contributed by atoms with Crippen LogP contribution in [0, 0.1) is 11.6 Å². The summed E-state index contributed by atoms with van der Waals surface area (Å²) in [6.45, 7) is 0.450. The van der Waals surface area contributed by atoms with Gasteiger partial charge in [-0.1, -0.05) is 42.3 Å². The molecular formula is C21H21F2NO4S. The number of benzene rings is 2. The lowest BCUT2D eigenvalue weighted by molar-refractivity contribution is -0.139. The molecular weight excluding hydrogens is 400 g/mol. The Morgan fingerprint density at radius 3 is 2.31 bits per heavy atom. The first-order valence-electron chi connectivity index (χ1n) is 9.13. The van der Waals surface area contributed by atoms with E-state index in [0.717, 1.165) is 24.1 Å². The third-order valence-corrected chi connectivity index (χ3v) is 6.42. The molecule has 0 aliphatic carbocycles. The van der Waals surface area contributed by atoms with Gasteiger partial charge >= 0.3 is 0 Å². The second-order valence-electron chi connectivity index (χ2n) is 6.90. The lowest BCUT2D eigenvalue weighted by Crippen LogP contribution is -2.45. The van der Waals surface area contributed by atoms with Gasteiger partial charge in [0.05, 0.1) is 19.3 Å². The normalized spacial score (nSPS) is 20.5. The highest BCUT2D eigenvalue weighted by Gasteiger charge is 2.41. The highest BCUT2D eigenvalue weighted by Crippen LogP contribution is 2.40. The second kappa shape index (κ2) is 9.13. The molecule has 1 aliphatic heterocycles. The van der Waals surface area contributed by atoms with Gasteiger partial charge < -0.3 is 10.2 Å². The molecule has 0 bridgehead atoms. The van der Waals surface area contributed by atoms with Gasteiger partial charge in [0.25, 0.3) is 0 Å². The quantitative estimate of drug-likeness (QED) is 0.552. The summed E-state index contributed by atoms with van der Waals surface area (Å²) >= 11 is 1.13. The largest absolute Gasteiger partial charge is 0.396 e. The maximum Gasteiger partial charge on any atom is 0.218 e. The summed E-state index contributed by atoms with van der Waals surface area (Å²) in [7, 11) is 0. The zero-order valence-corrected chi connectivity index (χ0v) is 16.5. The van der Waals surface area contributed by atoms with Crippen molar-refractivity contribution in [3.63, 3.8) is 0 Å². The number of rotatable bonds is 6. The van der Waals surface area contributed by atoms with Crippen LogP contribution in [0.25, 0.3) is 0 Å². The molecule has 2 aromatic carbocycles. The van der Waals surface area contributed by atoms with E-state index >= 15 is 0 Å². The van der Waals surface area contributed by atoms with E-state index in [-0.39, 0.29) is 17.7 Å². The van der Waals surface area contributed by atoms with E-state index in [4.69, 9.17) is 0 Å². The Hall–Kier alpha value is -2.13. The number of aliphatic hydroxyl groups is 2. The number of ketones is 2. The number of carbonyl (C=O) groups is 2. The summed E-state index contributed by atoms with van der Waals surface area (Å²) in [6, 6.07) is 10.0. The molecule has 3 rings (SSSR count). The van der Waals surface area contributed by atoms with E-state index in [1.54, 1.807) is 41.6 Å². The Morgan fingerprint density at radius 2 is 1.69 bits per heavy atom. The molecule has 8 heteroatoms. The number of Topliss-reactive ketones (excluding diaryl/α,β-unsaturated/α-hetero) is 2. The van der Waals surface area contributed by atoms with Gasteiger partial charge in [0.15, 0.2) is 0 Å². The van der Waals surface area contributed by atoms with Gasteiger partial charge in [-0.3, -0.25) is 9.59 Å². The molecule has 0 radical (unpaired) electrons. The summed E-state index contributed by atoms with van der Waals surface area (Å²) in [5.41, 5.74) is 0.585. The van der Waals surface area contributed by atoms with Crippen LogP contribution >= 0.6 is 11.9 Å². The molecule has 5 nitrogen and oxygen atoms in total. The average Bonchev–Trinajstić information content (AvgIpc) is 2.73. The minimum Gasteiger partial charge on any atom is -0.396 e. The highest BCUT2D eigenvalue weighted by molar-refractivity contribution is 7.98. The molecule has 0 amide bonds. The molecule has 1 saturated heterocycles. The number of aliphatic hydroxyl groups excluding tert-OH is 2. The predicted octanol–water partition coefficient (Wildman–Crippen LogP) is 2.76. The Balaban J connectivity index is 1.87. The van der Waals surface area contributed by atoms with Crippen molar-refractivity contribution in [1.82, 2.24) is 4.31 Å². The van der Waals surface area contributed by atoms with E-state index in [0.29, 0.717) is 5.56 Å². The molecule has 1 aliphatic rings. The topological polar surface area (TPSA) is 77.8 Å². The van der Waals surface area contributed by atoms with Crippen LogP contribution < -0.4 is 0 Å². The van der Waals surface area contributed by atoms with Gasteiger partial charge in [-0.15, -0.1) is 0 Å². The van der Waals surface area contributed by atoms with Gasteiger partial charge in [0.2, 0.25) is 11.6 Å². The zero-order chi connectivity index (χ0) is 21.1. The number of hydrogen-bond donors (Lipinski definition) is 2. The highest BCUT2D eigenvalue weighted by atomic mass is 32.2. The smallest absolute Gasteiger partial charge is 0.218 e. The van der Waals surface area contributed by atoms with Crippen molar-refractivity contribution in [2.75, 3.05) is 13.2 Å². The van der Waals surface area contributed by atoms with Crippen LogP contribution in [0.2, 0.25) is 0 Å². The molecule has 0 unspecified atom stereocenters. The van der Waals surface area contributed by atoms with Gasteiger partial charge in [0.1, 0.15) is 16.9 Å². The molecule has 154 valence electrons. The van der Waals surface area contributed by atoms with Crippen LogP contribution in [0.15, 0.2) is 42.5 Å². The van der Waals surface area contributed by atoms with Crippen LogP contribution in [-0.2, 0) is 16.1 Å². The van der Waals surface area contributed by atoms with Crippen molar-refractivity contribution >= 4 is 23.5 Å². The molecule has 1 heterocycles. The summed E-state index contributed by atoms with van der Waals surface area (Å²) < 4.78 is 30.6. The Morgan fingerprint density at radius 1 is 1.03 bits per heavy atom. The maximum atomic E-state index is 14.6. The fourth-order valence-electron chi connectivity index (χ4n) is 3.21. The first kappa shape index (κ1) is 21.6. The number of hydrogen-bond acceptors (Lipinski definition) is 6. The van der Waals surface area contributed by atoms with Crippen molar-refractivity contribution in [2.45, 2.75) is 30.7 Å². The van der Waals surface area contributed by atoms with Crippen molar-refractivity contribution in [3.05, 3.63) is 70.8 Å². The Bertz CT molecular complexity index is 905. The average molecular weight is 421 g/mol. The van der Waals surface area contributed by atoms with E-state index in [9.17, 15) is 28.6 Å². The molecule has 29 heavy (non-hydrogen) atoms. The summed E-state index contributed by atoms with van der Waals surface area (Å²) in [5, 5.41) is 17.7. The van der Waals surface area contributed by atoms with E-state index in [1.807, 2.05) is 0 Å². The monoisotopic (exact) mass is 421 g/mol. The first-order chi connectivity index (χ1) is 13.9. The van der Waals surface area contributed by atoms with Crippen LogP contribution in [-0.4, -0.2) is 45.3 Å². The second-order valence-corrected chi connectivity index (χ2v) is 8.05. The molecule has 0 aromatic heterocycles. The minimum atomic E-state index is -0.913. The van der Waals surface area contributed by atoms with Crippen molar-refractivity contribution < 1.29 is 28.6 Å². The number of carbonyl (C=O) groups excluding carboxylic acids is 2. The van der Waals surface area contributed by atoms with Gasteiger partial charge in [-0.05, 0) is 30.2 Å². The first-order valence-corrected chi connectivity index (χ1v) is 9.97. The van der Waals surface area contributed by atoms with Gasteiger partial charge in [-0.25, -0.2) is 13.1 Å². The molecule has 0 saturated carbocycles. The van der Waals surface area contributed by atoms with E-state index in [2.05, 4.69) is 0 Å². The summed E-state index contributed by atoms with van der Waals surface area (Å²) in [5.74, 6) is -3.45.